The molecule has 0 rings (SSSR count). The fraction of sp³-hybridized carbons (Fsp3) is 0.778. The molecule has 16 heavy (non-hydrogen) atoms. The molecule has 0 aromatic carbocycles. The molecule has 1 atom stereocenters. The number of unbranched alkanes of at least 4 members (excludes halogenated alkanes) is 1. The Bertz CT molecular complexity index is 205. The van der Waals surface area contributed by atoms with Gasteiger partial charge in [0, 0.05) is 6.04 Å². The van der Waals surface area contributed by atoms with Crippen molar-refractivity contribution in [2.24, 2.45) is 11.7 Å². The minimum absolute atomic E-state index is 0.160. The Morgan fingerprint density at radius 1 is 1.06 bits per heavy atom. The van der Waals surface area contributed by atoms with Crippen LogP contribution in [0.4, 0.5) is 26.3 Å². The van der Waals surface area contributed by atoms with Crippen molar-refractivity contribution in [3.8, 4) is 0 Å². The number of halogens is 6. The predicted molar refractivity (Wildman–Crippen MR) is 47.6 cm³/mol. The van der Waals surface area contributed by atoms with Crippen molar-refractivity contribution in [3.05, 3.63) is 12.7 Å². The summed E-state index contributed by atoms with van der Waals surface area (Å²) >= 11 is 0. The maximum atomic E-state index is 12.2. The van der Waals surface area contributed by atoms with Gasteiger partial charge in [0.2, 0.25) is 0 Å². The number of rotatable bonds is 5. The molecule has 0 aromatic heterocycles. The van der Waals surface area contributed by atoms with Gasteiger partial charge in [-0.25, -0.2) is 0 Å². The van der Waals surface area contributed by atoms with Crippen LogP contribution in [0.1, 0.15) is 19.3 Å². The van der Waals surface area contributed by atoms with Gasteiger partial charge in [0.25, 0.3) is 0 Å². The van der Waals surface area contributed by atoms with E-state index >= 15 is 0 Å². The maximum Gasteiger partial charge on any atom is 0.401 e. The topological polar surface area (TPSA) is 26.0 Å². The minimum atomic E-state index is -5.36. The van der Waals surface area contributed by atoms with Crippen molar-refractivity contribution in [1.29, 1.82) is 0 Å². The van der Waals surface area contributed by atoms with E-state index in [9.17, 15) is 26.3 Å². The summed E-state index contributed by atoms with van der Waals surface area (Å²) in [6.45, 7) is 3.31. The second-order valence-corrected chi connectivity index (χ2v) is 3.44. The maximum absolute atomic E-state index is 12.2. The number of hydrogen-bond acceptors (Lipinski definition) is 1. The highest BCUT2D eigenvalue weighted by molar-refractivity contribution is 4.85. The van der Waals surface area contributed by atoms with Crippen LogP contribution in [0.25, 0.3) is 0 Å². The van der Waals surface area contributed by atoms with Crippen LogP contribution in [-0.4, -0.2) is 18.4 Å². The van der Waals surface area contributed by atoms with Crippen LogP contribution in [0.2, 0.25) is 0 Å². The normalized spacial score (nSPS) is 15.2. The lowest BCUT2D eigenvalue weighted by Crippen LogP contribution is -2.48. The van der Waals surface area contributed by atoms with Crippen molar-refractivity contribution < 1.29 is 26.3 Å². The molecule has 0 saturated heterocycles. The molecule has 1 unspecified atom stereocenters. The highest BCUT2D eigenvalue weighted by Crippen LogP contribution is 2.41. The van der Waals surface area contributed by atoms with Gasteiger partial charge in [-0.1, -0.05) is 6.08 Å². The molecule has 0 fully saturated rings. The fourth-order valence-electron chi connectivity index (χ4n) is 1.34. The Labute approximate surface area is 89.3 Å². The number of allylic oxidation sites excluding steroid dienone is 1. The van der Waals surface area contributed by atoms with Crippen LogP contribution in [0.3, 0.4) is 0 Å². The van der Waals surface area contributed by atoms with E-state index < -0.39 is 24.3 Å². The van der Waals surface area contributed by atoms with Gasteiger partial charge in [-0.15, -0.1) is 6.58 Å². The zero-order valence-electron chi connectivity index (χ0n) is 8.41. The summed E-state index contributed by atoms with van der Waals surface area (Å²) < 4.78 is 72.9. The SMILES string of the molecule is C=CCCCC(N)C(C(F)(F)F)C(F)(F)F. The van der Waals surface area contributed by atoms with Crippen LogP contribution in [0.5, 0.6) is 0 Å². The molecule has 2 N–H and O–H groups in total. The van der Waals surface area contributed by atoms with Gasteiger partial charge in [-0.05, 0) is 19.3 Å². The summed E-state index contributed by atoms with van der Waals surface area (Å²) in [5, 5.41) is 0. The first-order chi connectivity index (χ1) is 7.10. The van der Waals surface area contributed by atoms with Gasteiger partial charge in [-0.3, -0.25) is 0 Å². The first kappa shape index (κ1) is 15.3. The van der Waals surface area contributed by atoms with Gasteiger partial charge < -0.3 is 5.73 Å². The van der Waals surface area contributed by atoms with E-state index in [1.165, 1.54) is 6.08 Å². The van der Waals surface area contributed by atoms with Crippen LogP contribution in [0, 0.1) is 5.92 Å². The Kier molecular flexibility index (Phi) is 5.31. The highest BCUT2D eigenvalue weighted by Gasteiger charge is 2.59. The third kappa shape index (κ3) is 4.87. The molecule has 7 heteroatoms. The third-order valence-electron chi connectivity index (χ3n) is 2.08. The van der Waals surface area contributed by atoms with Crippen molar-refractivity contribution in [1.82, 2.24) is 0 Å². The summed E-state index contributed by atoms with van der Waals surface area (Å²) in [6, 6.07) is -1.96. The molecule has 0 aromatic rings. The van der Waals surface area contributed by atoms with E-state index in [0.717, 1.165) is 0 Å². The first-order valence-corrected chi connectivity index (χ1v) is 4.60. The van der Waals surface area contributed by atoms with E-state index in [1.54, 1.807) is 0 Å². The number of hydrogen-bond donors (Lipinski definition) is 1. The van der Waals surface area contributed by atoms with E-state index in [2.05, 4.69) is 6.58 Å². The molecule has 0 aliphatic carbocycles. The quantitative estimate of drug-likeness (QED) is 0.451. The Balaban J connectivity index is 4.59. The lowest BCUT2D eigenvalue weighted by molar-refractivity contribution is -0.289. The standard InChI is InChI=1S/C9H13F6N/c1-2-3-4-5-6(16)7(8(10,11)12)9(13,14)15/h2,6-7H,1,3-5,16H2. The van der Waals surface area contributed by atoms with Crippen LogP contribution >= 0.6 is 0 Å². The molecule has 0 amide bonds. The summed E-state index contributed by atoms with van der Waals surface area (Å²) in [6.07, 6.45) is -9.13. The van der Waals surface area contributed by atoms with Gasteiger partial charge >= 0.3 is 12.4 Å². The number of nitrogens with two attached hydrogens (primary N) is 1. The summed E-state index contributed by atoms with van der Waals surface area (Å²) in [5.74, 6) is -3.45. The monoisotopic (exact) mass is 249 g/mol. The molecular formula is C9H13F6N. The average molecular weight is 249 g/mol. The van der Waals surface area contributed by atoms with E-state index in [0.29, 0.717) is 6.42 Å². The second kappa shape index (κ2) is 5.56. The zero-order chi connectivity index (χ0) is 13.0. The zero-order valence-corrected chi connectivity index (χ0v) is 8.41. The molecule has 0 aliphatic rings. The molecule has 0 radical (unpaired) electrons. The largest absolute Gasteiger partial charge is 0.401 e. The van der Waals surface area contributed by atoms with Crippen LogP contribution in [0.15, 0.2) is 12.7 Å². The van der Waals surface area contributed by atoms with Crippen molar-refractivity contribution in [2.75, 3.05) is 0 Å². The Hall–Kier alpha value is -0.720. The molecule has 0 aliphatic heterocycles. The lowest BCUT2D eigenvalue weighted by Gasteiger charge is -2.28. The van der Waals surface area contributed by atoms with Crippen LogP contribution in [-0.2, 0) is 0 Å². The third-order valence-corrected chi connectivity index (χ3v) is 2.08. The van der Waals surface area contributed by atoms with Gasteiger partial charge in [0.1, 0.15) is 0 Å². The van der Waals surface area contributed by atoms with Crippen molar-refractivity contribution in [3.63, 3.8) is 0 Å². The minimum Gasteiger partial charge on any atom is -0.327 e. The van der Waals surface area contributed by atoms with Gasteiger partial charge in [0.15, 0.2) is 5.92 Å². The summed E-state index contributed by atoms with van der Waals surface area (Å²) in [5.41, 5.74) is 4.96. The van der Waals surface area contributed by atoms with E-state index in [-0.39, 0.29) is 12.8 Å². The molecule has 0 spiro atoms. The Morgan fingerprint density at radius 2 is 1.50 bits per heavy atom. The Morgan fingerprint density at radius 3 is 1.81 bits per heavy atom. The first-order valence-electron chi connectivity index (χ1n) is 4.60. The van der Waals surface area contributed by atoms with Crippen molar-refractivity contribution >= 4 is 0 Å². The molecule has 1 nitrogen and oxygen atoms in total. The molecule has 0 saturated carbocycles. The fourth-order valence-corrected chi connectivity index (χ4v) is 1.34. The van der Waals surface area contributed by atoms with Gasteiger partial charge in [0.05, 0.1) is 0 Å². The van der Waals surface area contributed by atoms with E-state index in [1.807, 2.05) is 0 Å². The highest BCUT2D eigenvalue weighted by atomic mass is 19.4. The number of alkyl halides is 6. The summed E-state index contributed by atoms with van der Waals surface area (Å²) in [7, 11) is 0. The molecular weight excluding hydrogens is 236 g/mol. The van der Waals surface area contributed by atoms with Crippen LogP contribution < -0.4 is 5.73 Å². The molecule has 96 valence electrons. The lowest BCUT2D eigenvalue weighted by atomic mass is 9.94. The molecule has 0 heterocycles. The molecule has 0 bridgehead atoms. The predicted octanol–water partition coefficient (Wildman–Crippen LogP) is 3.41. The summed E-state index contributed by atoms with van der Waals surface area (Å²) in [4.78, 5) is 0. The van der Waals surface area contributed by atoms with Crippen molar-refractivity contribution in [2.45, 2.75) is 37.7 Å². The van der Waals surface area contributed by atoms with Gasteiger partial charge in [-0.2, -0.15) is 26.3 Å². The smallest absolute Gasteiger partial charge is 0.327 e. The van der Waals surface area contributed by atoms with E-state index in [4.69, 9.17) is 5.73 Å². The second-order valence-electron chi connectivity index (χ2n) is 3.44. The average Bonchev–Trinajstić information content (AvgIpc) is 1.98.